The van der Waals surface area contributed by atoms with Crippen LogP contribution in [0.2, 0.25) is 0 Å². The number of hydrogen-bond acceptors (Lipinski definition) is 6. The second-order valence-electron chi connectivity index (χ2n) is 4.02. The number of nitriles is 1. The first-order chi connectivity index (χ1) is 9.77. The fourth-order valence-electron chi connectivity index (χ4n) is 1.88. The first kappa shape index (κ1) is 13.6. The minimum atomic E-state index is 0.327. The van der Waals surface area contributed by atoms with E-state index >= 15 is 0 Å². The Balaban J connectivity index is 2.44. The maximum Gasteiger partial charge on any atom is 0.242 e. The summed E-state index contributed by atoms with van der Waals surface area (Å²) < 4.78 is 5.11. The third kappa shape index (κ3) is 2.78. The Labute approximate surface area is 117 Å². The molecule has 1 aromatic heterocycles. The average molecular weight is 269 g/mol. The van der Waals surface area contributed by atoms with Gasteiger partial charge in [-0.05, 0) is 12.1 Å². The van der Waals surface area contributed by atoms with Crippen molar-refractivity contribution < 1.29 is 4.74 Å². The van der Waals surface area contributed by atoms with Crippen molar-refractivity contribution in [1.29, 1.82) is 5.26 Å². The number of nitrogens with zero attached hydrogens (tertiary/aromatic N) is 4. The molecule has 0 spiro atoms. The molecule has 0 unspecified atom stereocenters. The normalized spacial score (nSPS) is 9.80. The highest BCUT2D eigenvalue weighted by atomic mass is 16.5. The minimum absolute atomic E-state index is 0.327. The summed E-state index contributed by atoms with van der Waals surface area (Å²) in [5.74, 6) is 0.867. The van der Waals surface area contributed by atoms with E-state index in [0.29, 0.717) is 30.4 Å². The molecule has 0 fully saturated rings. The predicted molar refractivity (Wildman–Crippen MR) is 76.7 cm³/mol. The molecule has 0 radical (unpaired) electrons. The number of benzene rings is 1. The van der Waals surface area contributed by atoms with Crippen LogP contribution >= 0.6 is 0 Å². The van der Waals surface area contributed by atoms with E-state index in [-0.39, 0.29) is 0 Å². The van der Waals surface area contributed by atoms with Crippen molar-refractivity contribution in [3.8, 4) is 11.9 Å². The molecule has 2 aromatic rings. The van der Waals surface area contributed by atoms with E-state index in [0.717, 1.165) is 5.69 Å². The monoisotopic (exact) mass is 269 g/mol. The van der Waals surface area contributed by atoms with Crippen LogP contribution in [-0.4, -0.2) is 23.6 Å². The topological polar surface area (TPSA) is 88.1 Å². The summed E-state index contributed by atoms with van der Waals surface area (Å²) in [5.41, 5.74) is 7.30. The lowest BCUT2D eigenvalue weighted by Gasteiger charge is -2.24. The van der Waals surface area contributed by atoms with Gasteiger partial charge in [-0.3, -0.25) is 0 Å². The van der Waals surface area contributed by atoms with Crippen LogP contribution in [0.15, 0.2) is 36.7 Å². The highest BCUT2D eigenvalue weighted by molar-refractivity contribution is 5.74. The van der Waals surface area contributed by atoms with Crippen LogP contribution in [0.1, 0.15) is 6.42 Å². The lowest BCUT2D eigenvalue weighted by molar-refractivity contribution is 0.399. The highest BCUT2D eigenvalue weighted by Gasteiger charge is 2.16. The summed E-state index contributed by atoms with van der Waals surface area (Å²) in [6.45, 7) is 0.491. The van der Waals surface area contributed by atoms with Crippen LogP contribution < -0.4 is 15.4 Å². The van der Waals surface area contributed by atoms with Gasteiger partial charge in [0, 0.05) is 12.2 Å². The quantitative estimate of drug-likeness (QED) is 0.894. The third-order valence-electron chi connectivity index (χ3n) is 2.79. The molecule has 0 aliphatic heterocycles. The van der Waals surface area contributed by atoms with Crippen LogP contribution in [0.5, 0.6) is 5.88 Å². The molecule has 6 nitrogen and oxygen atoms in total. The van der Waals surface area contributed by atoms with E-state index < -0.39 is 0 Å². The van der Waals surface area contributed by atoms with Gasteiger partial charge in [0.05, 0.1) is 19.6 Å². The molecule has 1 aromatic carbocycles. The van der Waals surface area contributed by atoms with E-state index in [1.54, 1.807) is 0 Å². The first-order valence-corrected chi connectivity index (χ1v) is 6.12. The number of anilines is 3. The molecule has 0 saturated carbocycles. The molecule has 0 aliphatic carbocycles. The first-order valence-electron chi connectivity index (χ1n) is 6.12. The van der Waals surface area contributed by atoms with Crippen molar-refractivity contribution in [2.24, 2.45) is 0 Å². The van der Waals surface area contributed by atoms with Crippen LogP contribution in [0.25, 0.3) is 0 Å². The number of methoxy groups -OCH3 is 1. The molecule has 20 heavy (non-hydrogen) atoms. The predicted octanol–water partition coefficient (Wildman–Crippen LogP) is 2.12. The molecule has 6 heteroatoms. The van der Waals surface area contributed by atoms with E-state index in [4.69, 9.17) is 15.7 Å². The molecule has 1 heterocycles. The summed E-state index contributed by atoms with van der Waals surface area (Å²) in [7, 11) is 1.50. The van der Waals surface area contributed by atoms with Gasteiger partial charge in [0.1, 0.15) is 12.0 Å². The van der Waals surface area contributed by atoms with Crippen LogP contribution in [0, 0.1) is 11.3 Å². The summed E-state index contributed by atoms with van der Waals surface area (Å²) in [5, 5.41) is 8.81. The van der Waals surface area contributed by atoms with Crippen molar-refractivity contribution >= 4 is 17.2 Å². The Kier molecular flexibility index (Phi) is 4.35. The molecule has 2 rings (SSSR count). The van der Waals surface area contributed by atoms with Crippen molar-refractivity contribution in [2.75, 3.05) is 24.3 Å². The van der Waals surface area contributed by atoms with Crippen molar-refractivity contribution in [1.82, 2.24) is 9.97 Å². The summed E-state index contributed by atoms with van der Waals surface area (Å²) in [4.78, 5) is 10.1. The van der Waals surface area contributed by atoms with Gasteiger partial charge < -0.3 is 15.4 Å². The fraction of sp³-hybridized carbons (Fsp3) is 0.214. The number of hydrogen-bond donors (Lipinski definition) is 1. The van der Waals surface area contributed by atoms with E-state index in [1.807, 2.05) is 35.2 Å². The summed E-state index contributed by atoms with van der Waals surface area (Å²) in [6, 6.07) is 11.8. The van der Waals surface area contributed by atoms with E-state index in [2.05, 4.69) is 16.0 Å². The Hall–Kier alpha value is -2.81. The maximum atomic E-state index is 8.81. The van der Waals surface area contributed by atoms with Gasteiger partial charge in [-0.2, -0.15) is 10.2 Å². The largest absolute Gasteiger partial charge is 0.479 e. The second-order valence-corrected chi connectivity index (χ2v) is 4.02. The van der Waals surface area contributed by atoms with Crippen LogP contribution in [0.3, 0.4) is 0 Å². The van der Waals surface area contributed by atoms with Gasteiger partial charge in [0.2, 0.25) is 5.88 Å². The third-order valence-corrected chi connectivity index (χ3v) is 2.79. The van der Waals surface area contributed by atoms with Gasteiger partial charge in [-0.25, -0.2) is 4.98 Å². The van der Waals surface area contributed by atoms with Crippen molar-refractivity contribution in [3.05, 3.63) is 36.7 Å². The molecular weight excluding hydrogens is 254 g/mol. The Morgan fingerprint density at radius 2 is 2.05 bits per heavy atom. The number of nitrogens with two attached hydrogens (primary N) is 1. The van der Waals surface area contributed by atoms with Gasteiger partial charge in [-0.15, -0.1) is 0 Å². The smallest absolute Gasteiger partial charge is 0.242 e. The second kappa shape index (κ2) is 6.38. The highest BCUT2D eigenvalue weighted by Crippen LogP contribution is 2.32. The Bertz CT molecular complexity index is 609. The minimum Gasteiger partial charge on any atom is -0.479 e. The molecule has 102 valence electrons. The standard InChI is InChI=1S/C14H15N5O/c1-20-14-12(16)13(17-10-18-14)19(9-5-8-15)11-6-3-2-4-7-11/h2-4,6-7,10H,5,9,16H2,1H3. The van der Waals surface area contributed by atoms with Crippen LogP contribution in [0.4, 0.5) is 17.2 Å². The number of rotatable bonds is 5. The number of nitrogen functional groups attached to an aromatic ring is 1. The molecule has 0 aliphatic rings. The lowest BCUT2D eigenvalue weighted by atomic mass is 10.2. The van der Waals surface area contributed by atoms with Crippen LogP contribution in [-0.2, 0) is 0 Å². The van der Waals surface area contributed by atoms with Gasteiger partial charge in [0.15, 0.2) is 5.82 Å². The van der Waals surface area contributed by atoms with Gasteiger partial charge in [0.25, 0.3) is 0 Å². The lowest BCUT2D eigenvalue weighted by Crippen LogP contribution is -2.21. The zero-order chi connectivity index (χ0) is 14.4. The summed E-state index contributed by atoms with van der Waals surface area (Å²) >= 11 is 0. The maximum absolute atomic E-state index is 8.81. The molecule has 0 bridgehead atoms. The Morgan fingerprint density at radius 3 is 2.70 bits per heavy atom. The Morgan fingerprint density at radius 1 is 1.30 bits per heavy atom. The van der Waals surface area contributed by atoms with E-state index in [9.17, 15) is 0 Å². The summed E-state index contributed by atoms with van der Waals surface area (Å²) in [6.07, 6.45) is 1.76. The molecule has 0 amide bonds. The fourth-order valence-corrected chi connectivity index (χ4v) is 1.88. The molecule has 0 atom stereocenters. The molecule has 2 N–H and O–H groups in total. The number of para-hydroxylation sites is 1. The zero-order valence-corrected chi connectivity index (χ0v) is 11.2. The SMILES string of the molecule is COc1ncnc(N(CCC#N)c2ccccc2)c1N. The molecular formula is C14H15N5O. The van der Waals surface area contributed by atoms with E-state index in [1.165, 1.54) is 13.4 Å². The van der Waals surface area contributed by atoms with Gasteiger partial charge in [-0.1, -0.05) is 18.2 Å². The van der Waals surface area contributed by atoms with Crippen molar-refractivity contribution in [3.63, 3.8) is 0 Å². The number of aromatic nitrogens is 2. The van der Waals surface area contributed by atoms with Gasteiger partial charge >= 0.3 is 0 Å². The average Bonchev–Trinajstić information content (AvgIpc) is 2.50. The van der Waals surface area contributed by atoms with Crippen molar-refractivity contribution in [2.45, 2.75) is 6.42 Å². The molecule has 0 saturated heterocycles. The zero-order valence-electron chi connectivity index (χ0n) is 11.2. The number of ether oxygens (including phenoxy) is 1.